The normalized spacial score (nSPS) is 24.1. The number of carboxylic acid groups (broad SMARTS) is 1. The van der Waals surface area contributed by atoms with E-state index in [1.807, 2.05) is 35.6 Å². The van der Waals surface area contributed by atoms with Gasteiger partial charge in [0.25, 0.3) is 0 Å². The maximum absolute atomic E-state index is 12.6. The van der Waals surface area contributed by atoms with E-state index >= 15 is 0 Å². The van der Waals surface area contributed by atoms with Crippen LogP contribution in [0, 0.1) is 0 Å². The summed E-state index contributed by atoms with van der Waals surface area (Å²) in [6.45, 7) is 3.59. The zero-order chi connectivity index (χ0) is 26.3. The lowest BCUT2D eigenvalue weighted by Crippen LogP contribution is -2.62. The molecule has 0 radical (unpaired) electrons. The van der Waals surface area contributed by atoms with E-state index in [1.165, 1.54) is 13.2 Å². The minimum Gasteiger partial charge on any atom is -0.465 e. The first kappa shape index (κ1) is 24.6. The van der Waals surface area contributed by atoms with Crippen molar-refractivity contribution in [2.75, 3.05) is 12.4 Å². The summed E-state index contributed by atoms with van der Waals surface area (Å²) in [5, 5.41) is 11.6. The summed E-state index contributed by atoms with van der Waals surface area (Å²) in [7, 11) is 1.50. The number of hydrogen-bond donors (Lipinski definition) is 2. The van der Waals surface area contributed by atoms with E-state index in [9.17, 15) is 14.4 Å². The summed E-state index contributed by atoms with van der Waals surface area (Å²) >= 11 is 0. The van der Waals surface area contributed by atoms with Crippen molar-refractivity contribution < 1.29 is 42.8 Å². The van der Waals surface area contributed by atoms with Crippen molar-refractivity contribution in [2.45, 2.75) is 50.5 Å². The zero-order valence-corrected chi connectivity index (χ0v) is 20.3. The number of amides is 1. The van der Waals surface area contributed by atoms with Crippen molar-refractivity contribution in [2.24, 2.45) is 0 Å². The van der Waals surface area contributed by atoms with Gasteiger partial charge in [-0.3, -0.25) is 5.32 Å². The van der Waals surface area contributed by atoms with Gasteiger partial charge in [0.1, 0.15) is 23.1 Å². The molecular formula is C26H25NO10. The Hall–Kier alpha value is -4.09. The van der Waals surface area contributed by atoms with Crippen molar-refractivity contribution in [1.82, 2.24) is 0 Å². The van der Waals surface area contributed by atoms with Crippen molar-refractivity contribution >= 4 is 28.9 Å². The molecule has 0 spiro atoms. The number of carbonyl (C=O) groups is 2. The third kappa shape index (κ3) is 4.70. The van der Waals surface area contributed by atoms with Crippen LogP contribution >= 0.6 is 0 Å². The highest BCUT2D eigenvalue weighted by Gasteiger charge is 2.59. The van der Waals surface area contributed by atoms with Gasteiger partial charge in [-0.15, -0.1) is 0 Å². The van der Waals surface area contributed by atoms with Gasteiger partial charge >= 0.3 is 17.9 Å². The first-order chi connectivity index (χ1) is 17.7. The summed E-state index contributed by atoms with van der Waals surface area (Å²) in [5.41, 5.74) is -0.288. The first-order valence-electron chi connectivity index (χ1n) is 11.5. The Kier molecular flexibility index (Phi) is 6.26. The van der Waals surface area contributed by atoms with Crippen LogP contribution < -0.4 is 15.7 Å². The van der Waals surface area contributed by atoms with Gasteiger partial charge in [-0.05, 0) is 37.6 Å². The minimum absolute atomic E-state index is 0.208. The van der Waals surface area contributed by atoms with Crippen molar-refractivity contribution in [3.63, 3.8) is 0 Å². The van der Waals surface area contributed by atoms with Gasteiger partial charge in [-0.25, -0.2) is 14.4 Å². The molecule has 194 valence electrons. The van der Waals surface area contributed by atoms with Crippen LogP contribution in [-0.4, -0.2) is 54.7 Å². The summed E-state index contributed by atoms with van der Waals surface area (Å²) in [6, 6.07) is 14.2. The maximum Gasteiger partial charge on any atom is 0.509 e. The number of nitrogens with one attached hydrogen (secondary N) is 1. The topological polar surface area (TPSA) is 143 Å². The lowest BCUT2D eigenvalue weighted by molar-refractivity contribution is -0.282. The van der Waals surface area contributed by atoms with E-state index in [1.54, 1.807) is 26.0 Å². The Balaban J connectivity index is 1.58. The second-order valence-corrected chi connectivity index (χ2v) is 9.28. The average Bonchev–Trinajstić information content (AvgIpc) is 3.22. The molecule has 37 heavy (non-hydrogen) atoms. The molecule has 11 nitrogen and oxygen atoms in total. The Morgan fingerprint density at radius 1 is 1.08 bits per heavy atom. The number of anilines is 1. The van der Waals surface area contributed by atoms with Crippen LogP contribution in [0.5, 0.6) is 5.75 Å². The third-order valence-corrected chi connectivity index (χ3v) is 6.39. The number of ether oxygens (including phenoxy) is 5. The van der Waals surface area contributed by atoms with Gasteiger partial charge in [0.15, 0.2) is 6.10 Å². The first-order valence-corrected chi connectivity index (χ1v) is 11.5. The summed E-state index contributed by atoms with van der Waals surface area (Å²) < 4.78 is 34.3. The molecule has 0 unspecified atom stereocenters. The standard InChI is InChI=1S/C26H25NO10/c1-26(2)21(32-3)19-20(36-25(31)35-19)23(37-26)33-17-10-9-14-12-16(27-24(29)30)22(28)34-18(14)15(17)11-13-7-5-4-6-8-13/h4-10,12,19-21,23,27H,11H2,1-3H3,(H,29,30)/t19-,20+,21+,23+/m0/s1. The highest BCUT2D eigenvalue weighted by atomic mass is 16.8. The third-order valence-electron chi connectivity index (χ3n) is 6.39. The molecule has 0 bridgehead atoms. The average molecular weight is 511 g/mol. The van der Waals surface area contributed by atoms with Crippen LogP contribution in [-0.2, 0) is 25.4 Å². The molecule has 0 saturated carbocycles. The molecule has 2 N–H and O–H groups in total. The summed E-state index contributed by atoms with van der Waals surface area (Å²) in [5.74, 6) is 0.330. The molecule has 2 fully saturated rings. The molecule has 1 aromatic heterocycles. The Labute approximate surface area is 210 Å². The molecule has 2 aliphatic rings. The highest BCUT2D eigenvalue weighted by molar-refractivity contribution is 5.89. The summed E-state index contributed by atoms with van der Waals surface area (Å²) in [6.07, 6.45) is -5.22. The molecule has 4 atom stereocenters. The van der Waals surface area contributed by atoms with Crippen LogP contribution in [0.1, 0.15) is 25.0 Å². The molecular weight excluding hydrogens is 486 g/mol. The second kappa shape index (κ2) is 9.41. The highest BCUT2D eigenvalue weighted by Crippen LogP contribution is 2.40. The Morgan fingerprint density at radius 3 is 2.51 bits per heavy atom. The molecule has 2 aromatic carbocycles. The van der Waals surface area contributed by atoms with Gasteiger partial charge < -0.3 is 33.2 Å². The number of benzene rings is 2. The molecule has 0 aliphatic carbocycles. The largest absolute Gasteiger partial charge is 0.509 e. The summed E-state index contributed by atoms with van der Waals surface area (Å²) in [4.78, 5) is 35.6. The van der Waals surface area contributed by atoms with E-state index in [4.69, 9.17) is 33.2 Å². The fourth-order valence-corrected chi connectivity index (χ4v) is 4.80. The van der Waals surface area contributed by atoms with Crippen molar-refractivity contribution in [3.8, 4) is 5.75 Å². The molecule has 2 aliphatic heterocycles. The number of methoxy groups -OCH3 is 1. The van der Waals surface area contributed by atoms with Crippen LogP contribution in [0.3, 0.4) is 0 Å². The van der Waals surface area contributed by atoms with Gasteiger partial charge in [0.05, 0.1) is 5.60 Å². The van der Waals surface area contributed by atoms with E-state index in [-0.39, 0.29) is 11.3 Å². The van der Waals surface area contributed by atoms with Crippen molar-refractivity contribution in [1.29, 1.82) is 0 Å². The number of carbonyl (C=O) groups excluding carboxylic acids is 1. The van der Waals surface area contributed by atoms with E-state index < -0.39 is 48.1 Å². The maximum atomic E-state index is 12.6. The molecule has 1 amide bonds. The quantitative estimate of drug-likeness (QED) is 0.369. The zero-order valence-electron chi connectivity index (χ0n) is 20.3. The molecule has 2 saturated heterocycles. The number of rotatable bonds is 6. The molecule has 3 heterocycles. The van der Waals surface area contributed by atoms with Crippen molar-refractivity contribution in [3.05, 3.63) is 70.1 Å². The minimum atomic E-state index is -1.38. The number of fused-ring (bicyclic) bond motifs is 2. The Morgan fingerprint density at radius 2 is 1.81 bits per heavy atom. The SMILES string of the molecule is CO[C@@H]1[C@H]2OC(=O)O[C@H]2[C@H](Oc2ccc3cc(NC(=O)O)c(=O)oc3c2Cc2ccccc2)OC1(C)C. The van der Waals surface area contributed by atoms with E-state index in [2.05, 4.69) is 0 Å². The lowest BCUT2D eigenvalue weighted by Gasteiger charge is -2.45. The van der Waals surface area contributed by atoms with Gasteiger partial charge in [-0.1, -0.05) is 30.3 Å². The predicted molar refractivity (Wildman–Crippen MR) is 129 cm³/mol. The van der Waals surface area contributed by atoms with Crippen LogP contribution in [0.15, 0.2) is 57.7 Å². The second-order valence-electron chi connectivity index (χ2n) is 9.28. The van der Waals surface area contributed by atoms with Crippen LogP contribution in [0.25, 0.3) is 11.0 Å². The molecule has 11 heteroatoms. The fraction of sp³-hybridized carbons (Fsp3) is 0.346. The smallest absolute Gasteiger partial charge is 0.465 e. The van der Waals surface area contributed by atoms with E-state index in [0.717, 1.165) is 5.56 Å². The molecule has 5 rings (SSSR count). The predicted octanol–water partition coefficient (Wildman–Crippen LogP) is 3.91. The van der Waals surface area contributed by atoms with Crippen LogP contribution in [0.2, 0.25) is 0 Å². The van der Waals surface area contributed by atoms with Gasteiger partial charge in [-0.2, -0.15) is 0 Å². The lowest BCUT2D eigenvalue weighted by atomic mass is 9.89. The van der Waals surface area contributed by atoms with E-state index in [0.29, 0.717) is 23.1 Å². The van der Waals surface area contributed by atoms with Gasteiger partial charge in [0, 0.05) is 24.5 Å². The van der Waals surface area contributed by atoms with Gasteiger partial charge in [0.2, 0.25) is 12.4 Å². The fourth-order valence-electron chi connectivity index (χ4n) is 4.80. The Bertz CT molecular complexity index is 1400. The number of hydrogen-bond acceptors (Lipinski definition) is 9. The van der Waals surface area contributed by atoms with Crippen LogP contribution in [0.4, 0.5) is 15.3 Å². The monoisotopic (exact) mass is 511 g/mol. The molecule has 3 aromatic rings.